The van der Waals surface area contributed by atoms with E-state index in [1.807, 2.05) is 0 Å². The average Bonchev–Trinajstić information content (AvgIpc) is 2.23. The van der Waals surface area contributed by atoms with Crippen LogP contribution >= 0.6 is 22.6 Å². The van der Waals surface area contributed by atoms with Crippen LogP contribution in [0.15, 0.2) is 24.3 Å². The monoisotopic (exact) mass is 301 g/mol. The molecular formula is C12H16IN. The molecule has 1 aliphatic carbocycles. The van der Waals surface area contributed by atoms with Crippen molar-refractivity contribution in [2.45, 2.75) is 38.1 Å². The van der Waals surface area contributed by atoms with Crippen molar-refractivity contribution < 1.29 is 0 Å². The molecule has 1 aromatic rings. The third-order valence-corrected chi connectivity index (χ3v) is 3.78. The third kappa shape index (κ3) is 2.62. The molecule has 0 saturated heterocycles. The number of anilines is 1. The fraction of sp³-hybridized carbons (Fsp3) is 0.500. The molecule has 0 aliphatic heterocycles. The van der Waals surface area contributed by atoms with Gasteiger partial charge in [0.2, 0.25) is 0 Å². The van der Waals surface area contributed by atoms with Gasteiger partial charge in [0, 0.05) is 15.3 Å². The Labute approximate surface area is 99.4 Å². The first-order valence-electron chi connectivity index (χ1n) is 5.37. The van der Waals surface area contributed by atoms with Gasteiger partial charge in [-0.2, -0.15) is 0 Å². The van der Waals surface area contributed by atoms with Gasteiger partial charge in [-0.25, -0.2) is 0 Å². The highest BCUT2D eigenvalue weighted by Gasteiger charge is 2.13. The zero-order valence-electron chi connectivity index (χ0n) is 8.30. The van der Waals surface area contributed by atoms with Crippen molar-refractivity contribution in [3.63, 3.8) is 0 Å². The Morgan fingerprint density at radius 2 is 1.79 bits per heavy atom. The van der Waals surface area contributed by atoms with Gasteiger partial charge in [0.05, 0.1) is 0 Å². The molecule has 1 aromatic carbocycles. The summed E-state index contributed by atoms with van der Waals surface area (Å²) in [7, 11) is 0. The SMILES string of the molecule is Ic1ccccc1NC1CCCCC1. The minimum Gasteiger partial charge on any atom is -0.381 e. The van der Waals surface area contributed by atoms with Crippen LogP contribution in [-0.4, -0.2) is 6.04 Å². The van der Waals surface area contributed by atoms with Gasteiger partial charge in [0.25, 0.3) is 0 Å². The fourth-order valence-electron chi connectivity index (χ4n) is 2.05. The van der Waals surface area contributed by atoms with E-state index in [9.17, 15) is 0 Å². The highest BCUT2D eigenvalue weighted by Crippen LogP contribution is 2.24. The predicted octanol–water partition coefficient (Wildman–Crippen LogP) is 4.04. The molecule has 0 aromatic heterocycles. The van der Waals surface area contributed by atoms with Crippen molar-refractivity contribution in [2.24, 2.45) is 0 Å². The molecular weight excluding hydrogens is 285 g/mol. The number of hydrogen-bond donors (Lipinski definition) is 1. The van der Waals surface area contributed by atoms with Crippen LogP contribution in [-0.2, 0) is 0 Å². The summed E-state index contributed by atoms with van der Waals surface area (Å²) in [5, 5.41) is 3.64. The maximum atomic E-state index is 3.64. The van der Waals surface area contributed by atoms with Crippen LogP contribution in [0.5, 0.6) is 0 Å². The van der Waals surface area contributed by atoms with Gasteiger partial charge in [-0.05, 0) is 47.6 Å². The first kappa shape index (κ1) is 10.3. The molecule has 0 amide bonds. The molecule has 1 aliphatic rings. The van der Waals surface area contributed by atoms with E-state index in [4.69, 9.17) is 0 Å². The Hall–Kier alpha value is -0.250. The van der Waals surface area contributed by atoms with Gasteiger partial charge in [0.1, 0.15) is 0 Å². The molecule has 0 unspecified atom stereocenters. The minimum atomic E-state index is 0.708. The second kappa shape index (κ2) is 5.01. The molecule has 0 radical (unpaired) electrons. The normalized spacial score (nSPS) is 18.1. The van der Waals surface area contributed by atoms with E-state index in [1.165, 1.54) is 41.4 Å². The molecule has 14 heavy (non-hydrogen) atoms. The Balaban J connectivity index is 1.99. The van der Waals surface area contributed by atoms with Gasteiger partial charge in [-0.1, -0.05) is 31.4 Å². The lowest BCUT2D eigenvalue weighted by molar-refractivity contribution is 0.462. The highest BCUT2D eigenvalue weighted by atomic mass is 127. The van der Waals surface area contributed by atoms with Crippen molar-refractivity contribution >= 4 is 28.3 Å². The largest absolute Gasteiger partial charge is 0.381 e. The van der Waals surface area contributed by atoms with E-state index in [1.54, 1.807) is 0 Å². The lowest BCUT2D eigenvalue weighted by Gasteiger charge is -2.24. The number of rotatable bonds is 2. The number of benzene rings is 1. The van der Waals surface area contributed by atoms with Crippen molar-refractivity contribution in [1.29, 1.82) is 0 Å². The molecule has 0 atom stereocenters. The topological polar surface area (TPSA) is 12.0 Å². The van der Waals surface area contributed by atoms with E-state index in [-0.39, 0.29) is 0 Å². The first-order chi connectivity index (χ1) is 6.86. The standard InChI is InChI=1S/C12H16IN/c13-11-8-4-5-9-12(11)14-10-6-2-1-3-7-10/h4-5,8-10,14H,1-3,6-7H2. The summed E-state index contributed by atoms with van der Waals surface area (Å²) < 4.78 is 1.33. The van der Waals surface area contributed by atoms with Crippen LogP contribution in [0.1, 0.15) is 32.1 Å². The molecule has 1 N–H and O–H groups in total. The summed E-state index contributed by atoms with van der Waals surface area (Å²) in [4.78, 5) is 0. The van der Waals surface area contributed by atoms with Crippen LogP contribution in [0.3, 0.4) is 0 Å². The third-order valence-electron chi connectivity index (χ3n) is 2.84. The van der Waals surface area contributed by atoms with Crippen molar-refractivity contribution in [2.75, 3.05) is 5.32 Å². The number of para-hydroxylation sites is 1. The summed E-state index contributed by atoms with van der Waals surface area (Å²) in [6, 6.07) is 9.24. The zero-order chi connectivity index (χ0) is 9.80. The summed E-state index contributed by atoms with van der Waals surface area (Å²) in [6.07, 6.45) is 6.88. The van der Waals surface area contributed by atoms with Gasteiger partial charge >= 0.3 is 0 Å². The Morgan fingerprint density at radius 1 is 1.07 bits per heavy atom. The van der Waals surface area contributed by atoms with Crippen molar-refractivity contribution in [3.8, 4) is 0 Å². The van der Waals surface area contributed by atoms with Crippen LogP contribution in [0.2, 0.25) is 0 Å². The fourth-order valence-corrected chi connectivity index (χ4v) is 2.59. The summed E-state index contributed by atoms with van der Waals surface area (Å²) in [6.45, 7) is 0. The van der Waals surface area contributed by atoms with Crippen LogP contribution in [0.4, 0.5) is 5.69 Å². The van der Waals surface area contributed by atoms with Gasteiger partial charge < -0.3 is 5.32 Å². The second-order valence-electron chi connectivity index (χ2n) is 3.96. The van der Waals surface area contributed by atoms with E-state index >= 15 is 0 Å². The second-order valence-corrected chi connectivity index (χ2v) is 5.12. The molecule has 2 rings (SSSR count). The summed E-state index contributed by atoms with van der Waals surface area (Å²) in [5.74, 6) is 0. The maximum absolute atomic E-state index is 3.64. The molecule has 2 heteroatoms. The minimum absolute atomic E-state index is 0.708. The molecule has 0 heterocycles. The lowest BCUT2D eigenvalue weighted by Crippen LogP contribution is -2.22. The average molecular weight is 301 g/mol. The van der Waals surface area contributed by atoms with Crippen LogP contribution < -0.4 is 5.32 Å². The van der Waals surface area contributed by atoms with E-state index in [0.29, 0.717) is 6.04 Å². The highest BCUT2D eigenvalue weighted by molar-refractivity contribution is 14.1. The Morgan fingerprint density at radius 3 is 2.50 bits per heavy atom. The van der Waals surface area contributed by atoms with Crippen LogP contribution in [0, 0.1) is 3.57 Å². The Bertz CT molecular complexity index is 292. The van der Waals surface area contributed by atoms with E-state index in [2.05, 4.69) is 52.2 Å². The van der Waals surface area contributed by atoms with Gasteiger partial charge in [-0.15, -0.1) is 0 Å². The number of nitrogens with one attached hydrogen (secondary N) is 1. The zero-order valence-corrected chi connectivity index (χ0v) is 10.5. The quantitative estimate of drug-likeness (QED) is 0.813. The van der Waals surface area contributed by atoms with E-state index in [0.717, 1.165) is 0 Å². The summed E-state index contributed by atoms with van der Waals surface area (Å²) >= 11 is 2.39. The van der Waals surface area contributed by atoms with E-state index < -0.39 is 0 Å². The van der Waals surface area contributed by atoms with Gasteiger partial charge in [0.15, 0.2) is 0 Å². The molecule has 1 saturated carbocycles. The molecule has 76 valence electrons. The molecule has 1 nitrogen and oxygen atoms in total. The molecule has 1 fully saturated rings. The smallest absolute Gasteiger partial charge is 0.0478 e. The predicted molar refractivity (Wildman–Crippen MR) is 69.7 cm³/mol. The van der Waals surface area contributed by atoms with Gasteiger partial charge in [-0.3, -0.25) is 0 Å². The maximum Gasteiger partial charge on any atom is 0.0478 e. The summed E-state index contributed by atoms with van der Waals surface area (Å²) in [5.41, 5.74) is 1.31. The Kier molecular flexibility index (Phi) is 3.67. The van der Waals surface area contributed by atoms with Crippen molar-refractivity contribution in [1.82, 2.24) is 0 Å². The van der Waals surface area contributed by atoms with Crippen molar-refractivity contribution in [3.05, 3.63) is 27.8 Å². The number of hydrogen-bond acceptors (Lipinski definition) is 1. The molecule has 0 spiro atoms. The van der Waals surface area contributed by atoms with Crippen LogP contribution in [0.25, 0.3) is 0 Å². The lowest BCUT2D eigenvalue weighted by atomic mass is 9.95. The number of halogens is 1. The first-order valence-corrected chi connectivity index (χ1v) is 6.45. The molecule has 0 bridgehead atoms.